The third-order valence-electron chi connectivity index (χ3n) is 3.57. The maximum Gasteiger partial charge on any atom is 0.137 e. The summed E-state index contributed by atoms with van der Waals surface area (Å²) >= 11 is 5.99. The van der Waals surface area contributed by atoms with Crippen LogP contribution in [0.15, 0.2) is 24.5 Å². The van der Waals surface area contributed by atoms with Crippen molar-refractivity contribution in [3.8, 4) is 0 Å². The smallest absolute Gasteiger partial charge is 0.137 e. The lowest BCUT2D eigenvalue weighted by atomic mass is 10.2. The first kappa shape index (κ1) is 12.9. The monoisotopic (exact) mass is 279 g/mol. The van der Waals surface area contributed by atoms with Crippen LogP contribution in [0.25, 0.3) is 5.65 Å². The molecule has 5 heteroatoms. The fourth-order valence-electron chi connectivity index (χ4n) is 2.49. The van der Waals surface area contributed by atoms with E-state index in [4.69, 9.17) is 16.3 Å². The summed E-state index contributed by atoms with van der Waals surface area (Å²) in [4.78, 5) is 7.04. The highest BCUT2D eigenvalue weighted by atomic mass is 35.5. The summed E-state index contributed by atoms with van der Waals surface area (Å²) in [5.41, 5.74) is 2.01. The van der Waals surface area contributed by atoms with Gasteiger partial charge in [0.25, 0.3) is 0 Å². The summed E-state index contributed by atoms with van der Waals surface area (Å²) < 4.78 is 7.63. The summed E-state index contributed by atoms with van der Waals surface area (Å²) in [5.74, 6) is 0. The molecule has 1 aliphatic rings. The van der Waals surface area contributed by atoms with Crippen molar-refractivity contribution < 1.29 is 4.74 Å². The topological polar surface area (TPSA) is 29.8 Å². The molecule has 4 nitrogen and oxygen atoms in total. The van der Waals surface area contributed by atoms with Crippen LogP contribution in [0.5, 0.6) is 0 Å². The Balaban J connectivity index is 1.80. The third-order valence-corrected chi connectivity index (χ3v) is 3.79. The van der Waals surface area contributed by atoms with E-state index in [-0.39, 0.29) is 0 Å². The second kappa shape index (κ2) is 5.12. The van der Waals surface area contributed by atoms with Crippen molar-refractivity contribution in [3.63, 3.8) is 0 Å². The number of pyridine rings is 1. The van der Waals surface area contributed by atoms with E-state index in [0.29, 0.717) is 12.1 Å². The highest BCUT2D eigenvalue weighted by Gasteiger charge is 2.23. The maximum atomic E-state index is 5.99. The first-order chi connectivity index (χ1) is 9.11. The molecule has 0 amide bonds. The van der Waals surface area contributed by atoms with Gasteiger partial charge in [0.05, 0.1) is 23.4 Å². The molecule has 19 heavy (non-hydrogen) atoms. The van der Waals surface area contributed by atoms with Gasteiger partial charge in [-0.3, -0.25) is 4.90 Å². The van der Waals surface area contributed by atoms with Crippen molar-refractivity contribution in [2.75, 3.05) is 13.2 Å². The van der Waals surface area contributed by atoms with Crippen molar-refractivity contribution >= 4 is 17.2 Å². The minimum atomic E-state index is 0.294. The van der Waals surface area contributed by atoms with Crippen molar-refractivity contribution in [1.29, 1.82) is 0 Å². The lowest BCUT2D eigenvalue weighted by molar-refractivity contribution is -0.0530. The number of rotatable bonds is 2. The first-order valence-electron chi connectivity index (χ1n) is 6.60. The summed E-state index contributed by atoms with van der Waals surface area (Å²) in [7, 11) is 0. The van der Waals surface area contributed by atoms with Gasteiger partial charge >= 0.3 is 0 Å². The van der Waals surface area contributed by atoms with Crippen molar-refractivity contribution in [3.05, 3.63) is 35.2 Å². The third kappa shape index (κ3) is 2.76. The molecule has 0 spiro atoms. The van der Waals surface area contributed by atoms with Crippen molar-refractivity contribution in [2.45, 2.75) is 32.5 Å². The summed E-state index contributed by atoms with van der Waals surface area (Å²) in [6, 6.07) is 4.24. The molecule has 3 rings (SSSR count). The van der Waals surface area contributed by atoms with E-state index >= 15 is 0 Å². The van der Waals surface area contributed by atoms with Crippen LogP contribution in [-0.4, -0.2) is 39.6 Å². The Morgan fingerprint density at radius 3 is 3.05 bits per heavy atom. The maximum absolute atomic E-state index is 5.99. The Labute approximate surface area is 117 Å². The fraction of sp³-hybridized carbons (Fsp3) is 0.500. The molecule has 3 heterocycles. The Morgan fingerprint density at radius 2 is 2.21 bits per heavy atom. The number of imidazole rings is 1. The Bertz CT molecular complexity index is 583. The van der Waals surface area contributed by atoms with E-state index in [1.54, 1.807) is 0 Å². The zero-order valence-electron chi connectivity index (χ0n) is 11.2. The van der Waals surface area contributed by atoms with Crippen molar-refractivity contribution in [1.82, 2.24) is 14.3 Å². The van der Waals surface area contributed by atoms with Crippen LogP contribution >= 0.6 is 11.6 Å². The summed E-state index contributed by atoms with van der Waals surface area (Å²) in [5, 5.41) is 0.727. The van der Waals surface area contributed by atoms with Gasteiger partial charge in [0.2, 0.25) is 0 Å². The number of ether oxygens (including phenoxy) is 1. The van der Waals surface area contributed by atoms with Gasteiger partial charge in [-0.2, -0.15) is 0 Å². The molecule has 0 aromatic carbocycles. The Kier molecular flexibility index (Phi) is 3.48. The van der Waals surface area contributed by atoms with E-state index in [9.17, 15) is 0 Å². The zero-order chi connectivity index (χ0) is 13.4. The van der Waals surface area contributed by atoms with Crippen LogP contribution < -0.4 is 0 Å². The standard InChI is InChI=1S/C14H18ClN3O/c1-10-9-19-11(2)5-17(10)7-13-8-18-6-12(15)3-4-14(18)16-13/h3-4,6,8,10-11H,5,7,9H2,1-2H3/t10-,11+/m1/s1. The molecule has 0 aliphatic carbocycles. The highest BCUT2D eigenvalue weighted by molar-refractivity contribution is 6.30. The first-order valence-corrected chi connectivity index (χ1v) is 6.98. The lowest BCUT2D eigenvalue weighted by Crippen LogP contribution is -2.46. The predicted molar refractivity (Wildman–Crippen MR) is 75.5 cm³/mol. The number of fused-ring (bicyclic) bond motifs is 1. The van der Waals surface area contributed by atoms with Gasteiger partial charge in [0.15, 0.2) is 0 Å². The van der Waals surface area contributed by atoms with E-state index in [1.807, 2.05) is 28.9 Å². The fourth-order valence-corrected chi connectivity index (χ4v) is 2.66. The number of hydrogen-bond donors (Lipinski definition) is 0. The van der Waals surface area contributed by atoms with E-state index in [2.05, 4.69) is 23.7 Å². The Morgan fingerprint density at radius 1 is 1.37 bits per heavy atom. The number of nitrogens with zero attached hydrogens (tertiary/aromatic N) is 3. The summed E-state index contributed by atoms with van der Waals surface area (Å²) in [6.07, 6.45) is 4.23. The average molecular weight is 280 g/mol. The molecule has 0 N–H and O–H groups in total. The molecule has 2 aromatic rings. The van der Waals surface area contributed by atoms with Gasteiger partial charge in [-0.15, -0.1) is 0 Å². The van der Waals surface area contributed by atoms with Gasteiger partial charge in [-0.1, -0.05) is 11.6 Å². The molecule has 102 valence electrons. The number of morpholine rings is 1. The largest absolute Gasteiger partial charge is 0.376 e. The highest BCUT2D eigenvalue weighted by Crippen LogP contribution is 2.17. The second-order valence-electron chi connectivity index (χ2n) is 5.27. The molecule has 0 saturated carbocycles. The minimum absolute atomic E-state index is 0.294. The molecule has 2 aromatic heterocycles. The summed E-state index contributed by atoms with van der Waals surface area (Å²) in [6.45, 7) is 6.91. The molecule has 0 radical (unpaired) electrons. The molecular formula is C14H18ClN3O. The van der Waals surface area contributed by atoms with Crippen LogP contribution in [0.2, 0.25) is 5.02 Å². The Hall–Kier alpha value is -1.10. The van der Waals surface area contributed by atoms with Crippen LogP contribution in [-0.2, 0) is 11.3 Å². The van der Waals surface area contributed by atoms with E-state index in [0.717, 1.165) is 36.1 Å². The van der Waals surface area contributed by atoms with Crippen LogP contribution in [0.4, 0.5) is 0 Å². The molecule has 0 bridgehead atoms. The van der Waals surface area contributed by atoms with Crippen molar-refractivity contribution in [2.24, 2.45) is 0 Å². The van der Waals surface area contributed by atoms with Crippen LogP contribution in [0.3, 0.4) is 0 Å². The predicted octanol–water partition coefficient (Wildman–Crippen LogP) is 2.60. The van der Waals surface area contributed by atoms with E-state index in [1.165, 1.54) is 0 Å². The molecule has 1 fully saturated rings. The van der Waals surface area contributed by atoms with Crippen LogP contribution in [0, 0.1) is 0 Å². The van der Waals surface area contributed by atoms with Crippen LogP contribution in [0.1, 0.15) is 19.5 Å². The molecule has 2 atom stereocenters. The average Bonchev–Trinajstić information content (AvgIpc) is 2.75. The number of aromatic nitrogens is 2. The van der Waals surface area contributed by atoms with Gasteiger partial charge in [0.1, 0.15) is 5.65 Å². The SMILES string of the molecule is C[C@@H]1CO[C@@H](C)CN1Cc1cn2cc(Cl)ccc2n1. The quantitative estimate of drug-likeness (QED) is 0.846. The zero-order valence-corrected chi connectivity index (χ0v) is 12.0. The van der Waals surface area contributed by atoms with E-state index < -0.39 is 0 Å². The van der Waals surface area contributed by atoms with Gasteiger partial charge < -0.3 is 9.14 Å². The number of hydrogen-bond acceptors (Lipinski definition) is 3. The lowest BCUT2D eigenvalue weighted by Gasteiger charge is -2.36. The van der Waals surface area contributed by atoms with Gasteiger partial charge in [0, 0.05) is 31.5 Å². The molecule has 1 saturated heterocycles. The molecule has 1 aliphatic heterocycles. The van der Waals surface area contributed by atoms with Gasteiger partial charge in [-0.25, -0.2) is 4.98 Å². The second-order valence-corrected chi connectivity index (χ2v) is 5.70. The normalized spacial score (nSPS) is 25.0. The molecule has 0 unspecified atom stereocenters. The molecular weight excluding hydrogens is 262 g/mol. The minimum Gasteiger partial charge on any atom is -0.376 e. The number of halogens is 1. The van der Waals surface area contributed by atoms with Gasteiger partial charge in [-0.05, 0) is 26.0 Å².